The SMILES string of the molecule is CN(C)S(=O)(=O)c1cccc(C(=O)Nc2ccc(-n3ccnc3)c(Cl)c2)c1. The summed E-state index contributed by atoms with van der Waals surface area (Å²) in [4.78, 5) is 16.5. The Morgan fingerprint density at radius 2 is 1.96 bits per heavy atom. The van der Waals surface area contributed by atoms with Crippen LogP contribution in [0.2, 0.25) is 5.02 Å². The first-order valence-corrected chi connectivity index (χ1v) is 9.72. The van der Waals surface area contributed by atoms with E-state index < -0.39 is 15.9 Å². The summed E-state index contributed by atoms with van der Waals surface area (Å²) in [5.74, 6) is -0.433. The molecular formula is C18H17ClN4O3S. The molecule has 0 unspecified atom stereocenters. The molecule has 0 saturated heterocycles. The van der Waals surface area contributed by atoms with Crippen molar-refractivity contribution in [2.75, 3.05) is 19.4 Å². The highest BCUT2D eigenvalue weighted by Crippen LogP contribution is 2.25. The van der Waals surface area contributed by atoms with Crippen LogP contribution >= 0.6 is 11.6 Å². The Hall–Kier alpha value is -2.68. The third-order valence-corrected chi connectivity index (χ3v) is 5.98. The Balaban J connectivity index is 1.83. The van der Waals surface area contributed by atoms with E-state index >= 15 is 0 Å². The van der Waals surface area contributed by atoms with Crippen LogP contribution in [0.3, 0.4) is 0 Å². The molecule has 140 valence electrons. The van der Waals surface area contributed by atoms with Crippen molar-refractivity contribution in [1.82, 2.24) is 13.9 Å². The van der Waals surface area contributed by atoms with Crippen molar-refractivity contribution in [3.05, 3.63) is 71.8 Å². The third kappa shape index (κ3) is 4.02. The van der Waals surface area contributed by atoms with E-state index in [9.17, 15) is 13.2 Å². The van der Waals surface area contributed by atoms with E-state index in [1.54, 1.807) is 47.6 Å². The Morgan fingerprint density at radius 3 is 2.59 bits per heavy atom. The molecule has 0 saturated carbocycles. The van der Waals surface area contributed by atoms with Gasteiger partial charge in [0, 0.05) is 37.7 Å². The second kappa shape index (κ2) is 7.51. The zero-order valence-corrected chi connectivity index (χ0v) is 16.2. The zero-order valence-electron chi connectivity index (χ0n) is 14.6. The molecule has 0 aliphatic heterocycles. The molecule has 1 aromatic heterocycles. The lowest BCUT2D eigenvalue weighted by molar-refractivity contribution is 0.102. The second-order valence-corrected chi connectivity index (χ2v) is 8.46. The number of aromatic nitrogens is 2. The average Bonchev–Trinajstić information content (AvgIpc) is 3.16. The van der Waals surface area contributed by atoms with Gasteiger partial charge in [-0.05, 0) is 36.4 Å². The van der Waals surface area contributed by atoms with Crippen LogP contribution in [0, 0.1) is 0 Å². The third-order valence-electron chi connectivity index (χ3n) is 3.86. The minimum atomic E-state index is -3.62. The number of hydrogen-bond donors (Lipinski definition) is 1. The van der Waals surface area contributed by atoms with Gasteiger partial charge in [0.15, 0.2) is 0 Å². The Bertz CT molecular complexity index is 1080. The van der Waals surface area contributed by atoms with Gasteiger partial charge in [0.25, 0.3) is 5.91 Å². The van der Waals surface area contributed by atoms with E-state index in [1.165, 1.54) is 32.3 Å². The van der Waals surface area contributed by atoms with Crippen LogP contribution < -0.4 is 5.32 Å². The lowest BCUT2D eigenvalue weighted by atomic mass is 10.2. The molecule has 0 aliphatic rings. The van der Waals surface area contributed by atoms with Gasteiger partial charge in [-0.15, -0.1) is 0 Å². The maximum Gasteiger partial charge on any atom is 0.255 e. The molecule has 3 aromatic rings. The van der Waals surface area contributed by atoms with Gasteiger partial charge in [-0.2, -0.15) is 0 Å². The number of carbonyl (C=O) groups excluding carboxylic acids is 1. The number of carbonyl (C=O) groups is 1. The Kier molecular flexibility index (Phi) is 5.31. The first kappa shape index (κ1) is 19.1. The van der Waals surface area contributed by atoms with Crippen molar-refractivity contribution >= 4 is 33.2 Å². The van der Waals surface area contributed by atoms with Gasteiger partial charge in [0.2, 0.25) is 10.0 Å². The number of nitrogens with one attached hydrogen (secondary N) is 1. The Labute approximate surface area is 162 Å². The number of imidazole rings is 1. The molecule has 27 heavy (non-hydrogen) atoms. The molecule has 0 spiro atoms. The minimum absolute atomic E-state index is 0.0497. The van der Waals surface area contributed by atoms with Crippen molar-refractivity contribution in [3.63, 3.8) is 0 Å². The van der Waals surface area contributed by atoms with Crippen molar-refractivity contribution in [2.24, 2.45) is 0 Å². The number of halogens is 1. The maximum atomic E-state index is 12.5. The van der Waals surface area contributed by atoms with E-state index in [2.05, 4.69) is 10.3 Å². The highest BCUT2D eigenvalue weighted by molar-refractivity contribution is 7.89. The normalized spacial score (nSPS) is 11.6. The van der Waals surface area contributed by atoms with Crippen LogP contribution in [-0.4, -0.2) is 42.3 Å². The van der Waals surface area contributed by atoms with Crippen molar-refractivity contribution in [1.29, 1.82) is 0 Å². The van der Waals surface area contributed by atoms with Crippen molar-refractivity contribution in [3.8, 4) is 5.69 Å². The van der Waals surface area contributed by atoms with E-state index in [-0.39, 0.29) is 10.5 Å². The summed E-state index contributed by atoms with van der Waals surface area (Å²) in [5.41, 5.74) is 1.45. The molecule has 9 heteroatoms. The van der Waals surface area contributed by atoms with Crippen molar-refractivity contribution < 1.29 is 13.2 Å². The molecule has 2 aromatic carbocycles. The molecule has 1 N–H and O–H groups in total. The molecule has 0 fully saturated rings. The predicted molar refractivity (Wildman–Crippen MR) is 104 cm³/mol. The largest absolute Gasteiger partial charge is 0.322 e. The fraction of sp³-hybridized carbons (Fsp3) is 0.111. The predicted octanol–water partition coefficient (Wildman–Crippen LogP) is 3.03. The van der Waals surface area contributed by atoms with E-state index in [1.807, 2.05) is 0 Å². The summed E-state index contributed by atoms with van der Waals surface area (Å²) in [7, 11) is -0.747. The first-order valence-electron chi connectivity index (χ1n) is 7.91. The quantitative estimate of drug-likeness (QED) is 0.708. The molecule has 1 heterocycles. The molecule has 3 rings (SSSR count). The van der Waals surface area contributed by atoms with Crippen LogP contribution in [-0.2, 0) is 10.0 Å². The van der Waals surface area contributed by atoms with Gasteiger partial charge in [-0.3, -0.25) is 4.79 Å². The number of anilines is 1. The summed E-state index contributed by atoms with van der Waals surface area (Å²) in [6.07, 6.45) is 5.02. The number of rotatable bonds is 5. The van der Waals surface area contributed by atoms with Gasteiger partial charge < -0.3 is 9.88 Å². The van der Waals surface area contributed by atoms with Crippen LogP contribution in [0.4, 0.5) is 5.69 Å². The number of hydrogen-bond acceptors (Lipinski definition) is 4. The summed E-state index contributed by atoms with van der Waals surface area (Å²) in [6, 6.07) is 10.9. The molecule has 1 amide bonds. The molecule has 0 atom stereocenters. The maximum absolute atomic E-state index is 12.5. The summed E-state index contributed by atoms with van der Waals surface area (Å²) in [5, 5.41) is 3.16. The van der Waals surface area contributed by atoms with Gasteiger partial charge in [0.05, 0.1) is 21.9 Å². The fourth-order valence-electron chi connectivity index (χ4n) is 2.41. The van der Waals surface area contributed by atoms with Gasteiger partial charge in [0.1, 0.15) is 0 Å². The van der Waals surface area contributed by atoms with E-state index in [0.717, 1.165) is 9.99 Å². The summed E-state index contributed by atoms with van der Waals surface area (Å²) in [6.45, 7) is 0. The second-order valence-electron chi connectivity index (χ2n) is 5.91. The first-order chi connectivity index (χ1) is 12.8. The number of amides is 1. The number of sulfonamides is 1. The van der Waals surface area contributed by atoms with Crippen LogP contribution in [0.1, 0.15) is 10.4 Å². The highest BCUT2D eigenvalue weighted by Gasteiger charge is 2.19. The smallest absolute Gasteiger partial charge is 0.255 e. The fourth-order valence-corrected chi connectivity index (χ4v) is 3.63. The van der Waals surface area contributed by atoms with Gasteiger partial charge >= 0.3 is 0 Å². The lowest BCUT2D eigenvalue weighted by Gasteiger charge is -2.13. The van der Waals surface area contributed by atoms with Crippen molar-refractivity contribution in [2.45, 2.75) is 4.90 Å². The van der Waals surface area contributed by atoms with Crippen LogP contribution in [0.5, 0.6) is 0 Å². The summed E-state index contributed by atoms with van der Waals surface area (Å²) >= 11 is 6.29. The standard InChI is InChI=1S/C18H17ClN4O3S/c1-22(2)27(25,26)15-5-3-4-13(10-15)18(24)21-14-6-7-17(16(19)11-14)23-9-8-20-12-23/h3-12H,1-2H3,(H,21,24). The van der Waals surface area contributed by atoms with Gasteiger partial charge in [-0.25, -0.2) is 17.7 Å². The molecule has 0 radical (unpaired) electrons. The van der Waals surface area contributed by atoms with Crippen LogP contribution in [0.25, 0.3) is 5.69 Å². The monoisotopic (exact) mass is 404 g/mol. The Morgan fingerprint density at radius 1 is 1.19 bits per heavy atom. The highest BCUT2D eigenvalue weighted by atomic mass is 35.5. The molecule has 0 aliphatic carbocycles. The van der Waals surface area contributed by atoms with E-state index in [0.29, 0.717) is 10.7 Å². The summed E-state index contributed by atoms with van der Waals surface area (Å²) < 4.78 is 27.3. The van der Waals surface area contributed by atoms with Crippen LogP contribution in [0.15, 0.2) is 66.1 Å². The molecule has 7 nitrogen and oxygen atoms in total. The molecular weight excluding hydrogens is 388 g/mol. The molecule has 0 bridgehead atoms. The lowest BCUT2D eigenvalue weighted by Crippen LogP contribution is -2.22. The zero-order chi connectivity index (χ0) is 19.6. The number of benzene rings is 2. The number of nitrogens with zero attached hydrogens (tertiary/aromatic N) is 3. The van der Waals surface area contributed by atoms with Gasteiger partial charge in [-0.1, -0.05) is 17.7 Å². The minimum Gasteiger partial charge on any atom is -0.322 e. The topological polar surface area (TPSA) is 84.3 Å². The average molecular weight is 405 g/mol. The van der Waals surface area contributed by atoms with E-state index in [4.69, 9.17) is 11.6 Å².